The second kappa shape index (κ2) is 8.64. The third-order valence-corrected chi connectivity index (χ3v) is 6.02. The maximum atomic E-state index is 13.2. The predicted molar refractivity (Wildman–Crippen MR) is 105 cm³/mol. The van der Waals surface area contributed by atoms with Crippen molar-refractivity contribution >= 4 is 17.8 Å². The van der Waals surface area contributed by atoms with Crippen molar-refractivity contribution in [3.63, 3.8) is 0 Å². The number of carboxylic acid groups (broad SMARTS) is 2. The Hall–Kier alpha value is -3.37. The van der Waals surface area contributed by atoms with Gasteiger partial charge < -0.3 is 19.7 Å². The van der Waals surface area contributed by atoms with E-state index < -0.39 is 23.7 Å². The molecule has 2 aliphatic heterocycles. The summed E-state index contributed by atoms with van der Waals surface area (Å²) in [5, 5.41) is 16.9. The Labute approximate surface area is 181 Å². The van der Waals surface area contributed by atoms with Crippen LogP contribution in [0, 0.1) is 12.8 Å². The number of piperidine rings is 2. The van der Waals surface area contributed by atoms with Gasteiger partial charge in [0.25, 0.3) is 5.91 Å². The molecule has 32 heavy (non-hydrogen) atoms. The molecule has 1 aliphatic carbocycles. The molecule has 0 unspecified atom stereocenters. The first kappa shape index (κ1) is 23.3. The van der Waals surface area contributed by atoms with Crippen molar-refractivity contribution < 1.29 is 37.8 Å². The molecular weight excluding hydrogens is 431 g/mol. The fraction of sp³-hybridized carbons (Fsp3) is 0.429. The van der Waals surface area contributed by atoms with Crippen molar-refractivity contribution in [1.82, 2.24) is 14.5 Å². The summed E-state index contributed by atoms with van der Waals surface area (Å²) in [6, 6.07) is 5.60. The molecule has 2 N–H and O–H groups in total. The molecule has 1 saturated carbocycles. The smallest absolute Gasteiger partial charge is 0.479 e. The molecule has 2 bridgehead atoms. The van der Waals surface area contributed by atoms with Gasteiger partial charge >= 0.3 is 18.1 Å². The van der Waals surface area contributed by atoms with Gasteiger partial charge in [-0.05, 0) is 62.3 Å². The van der Waals surface area contributed by atoms with Crippen LogP contribution >= 0.6 is 0 Å². The van der Waals surface area contributed by atoms with Crippen molar-refractivity contribution in [2.75, 3.05) is 6.54 Å². The lowest BCUT2D eigenvalue weighted by Gasteiger charge is -2.52. The van der Waals surface area contributed by atoms with E-state index in [0.29, 0.717) is 30.9 Å². The Morgan fingerprint density at radius 2 is 1.78 bits per heavy atom. The second-order valence-electron chi connectivity index (χ2n) is 7.97. The summed E-state index contributed by atoms with van der Waals surface area (Å²) < 4.78 is 33.6. The predicted octanol–water partition coefficient (Wildman–Crippen LogP) is 3.28. The van der Waals surface area contributed by atoms with Crippen molar-refractivity contribution in [3.05, 3.63) is 48.0 Å². The molecule has 3 heterocycles. The van der Waals surface area contributed by atoms with Gasteiger partial charge in [0.1, 0.15) is 5.54 Å². The summed E-state index contributed by atoms with van der Waals surface area (Å²) in [5.41, 5.74) is 1.33. The molecule has 0 spiro atoms. The number of hydrogen-bond acceptors (Lipinski definition) is 4. The quantitative estimate of drug-likeness (QED) is 0.738. The van der Waals surface area contributed by atoms with Crippen LogP contribution in [0.1, 0.15) is 41.6 Å². The highest BCUT2D eigenvalue weighted by molar-refractivity contribution is 5.99. The molecule has 1 aromatic heterocycles. The van der Waals surface area contributed by atoms with E-state index in [-0.39, 0.29) is 5.91 Å². The number of carbonyl (C=O) groups excluding carboxylic acids is 1. The van der Waals surface area contributed by atoms with E-state index in [1.807, 2.05) is 29.8 Å². The van der Waals surface area contributed by atoms with E-state index in [0.717, 1.165) is 24.1 Å². The second-order valence-corrected chi connectivity index (χ2v) is 7.97. The summed E-state index contributed by atoms with van der Waals surface area (Å²) in [4.78, 5) is 39.7. The number of aliphatic carboxylic acids is 2. The van der Waals surface area contributed by atoms with Crippen LogP contribution in [0.3, 0.4) is 0 Å². The van der Waals surface area contributed by atoms with E-state index in [1.54, 1.807) is 23.5 Å². The number of benzene rings is 1. The maximum absolute atomic E-state index is 13.2. The van der Waals surface area contributed by atoms with Gasteiger partial charge in [0.2, 0.25) is 0 Å². The third kappa shape index (κ3) is 4.46. The molecule has 2 saturated heterocycles. The molecule has 1 aromatic carbocycles. The average Bonchev–Trinajstić information content (AvgIpc) is 3.28. The van der Waals surface area contributed by atoms with Crippen LogP contribution in [0.5, 0.6) is 0 Å². The van der Waals surface area contributed by atoms with E-state index in [1.165, 1.54) is 0 Å². The lowest BCUT2D eigenvalue weighted by molar-refractivity contribution is -0.192. The fourth-order valence-electron chi connectivity index (χ4n) is 4.25. The highest BCUT2D eigenvalue weighted by Gasteiger charge is 2.53. The Morgan fingerprint density at radius 1 is 1.16 bits per heavy atom. The van der Waals surface area contributed by atoms with Gasteiger partial charge in [0, 0.05) is 30.2 Å². The van der Waals surface area contributed by atoms with E-state index in [9.17, 15) is 27.9 Å². The molecular formula is C21H22F3N3O5. The van der Waals surface area contributed by atoms with E-state index in [2.05, 4.69) is 4.98 Å². The average molecular weight is 453 g/mol. The lowest BCUT2D eigenvalue weighted by atomic mass is 9.70. The van der Waals surface area contributed by atoms with Gasteiger partial charge in [-0.2, -0.15) is 13.2 Å². The third-order valence-electron chi connectivity index (χ3n) is 6.02. The first-order valence-corrected chi connectivity index (χ1v) is 9.90. The topological polar surface area (TPSA) is 113 Å². The van der Waals surface area contributed by atoms with Crippen molar-refractivity contribution in [2.45, 2.75) is 44.3 Å². The largest absolute Gasteiger partial charge is 0.490 e. The number of amides is 1. The number of alkyl halides is 3. The Morgan fingerprint density at radius 3 is 2.25 bits per heavy atom. The summed E-state index contributed by atoms with van der Waals surface area (Å²) in [6.07, 6.45) is 3.09. The highest BCUT2D eigenvalue weighted by Crippen LogP contribution is 2.44. The highest BCUT2D eigenvalue weighted by atomic mass is 19.4. The zero-order valence-corrected chi connectivity index (χ0v) is 17.2. The molecule has 0 radical (unpaired) electrons. The van der Waals surface area contributed by atoms with Gasteiger partial charge in [-0.1, -0.05) is 0 Å². The number of carboxylic acids is 2. The van der Waals surface area contributed by atoms with Gasteiger partial charge in [-0.15, -0.1) is 0 Å². The van der Waals surface area contributed by atoms with Crippen LogP contribution in [-0.4, -0.2) is 60.8 Å². The minimum atomic E-state index is -5.08. The standard InChI is InChI=1S/C19H21N3O3.C2HF3O2/c1-13-10-15(21-9-8-20-12-21)2-3-16(13)17(23)22-11-14-4-6-19(22,7-5-14)18(24)25;3-2(4,5)1(6)7/h2-3,8-10,12,14H,4-7,11H2,1H3,(H,24,25);(H,6,7). The van der Waals surface area contributed by atoms with Crippen LogP contribution in [0.2, 0.25) is 0 Å². The van der Waals surface area contributed by atoms with Crippen LogP contribution in [0.4, 0.5) is 13.2 Å². The molecule has 1 amide bonds. The first-order chi connectivity index (χ1) is 15.0. The Kier molecular flexibility index (Phi) is 6.29. The normalized spacial score (nSPS) is 22.1. The van der Waals surface area contributed by atoms with Gasteiger partial charge in [-0.3, -0.25) is 4.79 Å². The number of rotatable bonds is 3. The summed E-state index contributed by atoms with van der Waals surface area (Å²) in [6.45, 7) is 2.44. The van der Waals surface area contributed by atoms with Crippen LogP contribution in [0.25, 0.3) is 5.69 Å². The van der Waals surface area contributed by atoms with Gasteiger partial charge in [-0.25, -0.2) is 14.6 Å². The van der Waals surface area contributed by atoms with Crippen LogP contribution < -0.4 is 0 Å². The van der Waals surface area contributed by atoms with E-state index >= 15 is 0 Å². The molecule has 3 aliphatic rings. The van der Waals surface area contributed by atoms with E-state index in [4.69, 9.17) is 9.90 Å². The summed E-state index contributed by atoms with van der Waals surface area (Å²) in [7, 11) is 0. The van der Waals surface area contributed by atoms with Crippen molar-refractivity contribution in [3.8, 4) is 5.69 Å². The molecule has 5 rings (SSSR count). The number of carbonyl (C=O) groups is 3. The molecule has 172 valence electrons. The van der Waals surface area contributed by atoms with Crippen LogP contribution in [0.15, 0.2) is 36.9 Å². The van der Waals surface area contributed by atoms with Crippen molar-refractivity contribution in [1.29, 1.82) is 0 Å². The number of nitrogens with zero attached hydrogens (tertiary/aromatic N) is 3. The monoisotopic (exact) mass is 453 g/mol. The summed E-state index contributed by atoms with van der Waals surface area (Å²) in [5.74, 6) is -3.36. The Bertz CT molecular complexity index is 1010. The molecule has 3 fully saturated rings. The minimum absolute atomic E-state index is 0.165. The minimum Gasteiger partial charge on any atom is -0.479 e. The van der Waals surface area contributed by atoms with Crippen LogP contribution in [-0.2, 0) is 9.59 Å². The number of hydrogen-bond donors (Lipinski definition) is 2. The van der Waals surface area contributed by atoms with Gasteiger partial charge in [0.05, 0.1) is 6.33 Å². The lowest BCUT2D eigenvalue weighted by Crippen LogP contribution is -2.64. The van der Waals surface area contributed by atoms with Crippen molar-refractivity contribution in [2.24, 2.45) is 5.92 Å². The van der Waals surface area contributed by atoms with Gasteiger partial charge in [0.15, 0.2) is 0 Å². The number of imidazole rings is 1. The molecule has 2 aromatic rings. The SMILES string of the molecule is Cc1cc(-n2ccnc2)ccc1C(=O)N1CC2CCC1(C(=O)O)CC2.O=C(O)C(F)(F)F. The zero-order chi connectivity index (χ0) is 23.7. The molecule has 11 heteroatoms. The fourth-order valence-corrected chi connectivity index (χ4v) is 4.25. The molecule has 8 nitrogen and oxygen atoms in total. The molecule has 0 atom stereocenters. The first-order valence-electron chi connectivity index (χ1n) is 9.90. The zero-order valence-electron chi connectivity index (χ0n) is 17.2. The number of halogens is 3. The maximum Gasteiger partial charge on any atom is 0.490 e. The number of aromatic nitrogens is 2. The Balaban J connectivity index is 0.000000360. The number of aryl methyl sites for hydroxylation is 1. The summed E-state index contributed by atoms with van der Waals surface area (Å²) >= 11 is 0. The number of fused-ring (bicyclic) bond motifs is 3.